The van der Waals surface area contributed by atoms with Crippen LogP contribution >= 0.6 is 24.0 Å². The molecule has 3 N–H and O–H groups in total. The highest BCUT2D eigenvalue weighted by Gasteiger charge is 2.35. The lowest BCUT2D eigenvalue weighted by atomic mass is 10.1. The number of hydrogen-bond acceptors (Lipinski definition) is 8. The van der Waals surface area contributed by atoms with E-state index in [2.05, 4.69) is 15.5 Å². The molecule has 2 aromatic carbocycles. The molecule has 1 aliphatic carbocycles. The number of anilines is 1. The van der Waals surface area contributed by atoms with Gasteiger partial charge in [-0.05, 0) is 37.1 Å². The third-order valence-corrected chi connectivity index (χ3v) is 9.50. The number of nitrogens with one attached hydrogen (secondary N) is 2. The summed E-state index contributed by atoms with van der Waals surface area (Å²) in [5.74, 6) is -1.42. The van der Waals surface area contributed by atoms with E-state index in [-0.39, 0.29) is 40.9 Å². The number of pyridine rings is 1. The van der Waals surface area contributed by atoms with Crippen molar-refractivity contribution in [2.75, 3.05) is 44.2 Å². The van der Waals surface area contributed by atoms with Gasteiger partial charge in [0.05, 0.1) is 22.6 Å². The van der Waals surface area contributed by atoms with Gasteiger partial charge in [-0.3, -0.25) is 9.59 Å². The van der Waals surface area contributed by atoms with E-state index in [4.69, 9.17) is 17.0 Å². The zero-order valence-corrected chi connectivity index (χ0v) is 24.3. The summed E-state index contributed by atoms with van der Waals surface area (Å²) < 4.78 is 23.3. The summed E-state index contributed by atoms with van der Waals surface area (Å²) >= 11 is 7.20. The number of benzene rings is 2. The Morgan fingerprint density at radius 3 is 2.52 bits per heavy atom. The first kappa shape index (κ1) is 28.4. The molecular weight excluding hydrogens is 581 g/mol. The number of amides is 1. The van der Waals surface area contributed by atoms with Crippen LogP contribution < -0.4 is 25.7 Å². The topological polar surface area (TPSA) is 116 Å². The first-order valence-electron chi connectivity index (χ1n) is 13.8. The van der Waals surface area contributed by atoms with Gasteiger partial charge in [0.25, 0.3) is 5.91 Å². The van der Waals surface area contributed by atoms with Gasteiger partial charge in [0.2, 0.25) is 5.43 Å². The molecule has 2 saturated heterocycles. The van der Waals surface area contributed by atoms with E-state index >= 15 is 4.39 Å². The Morgan fingerprint density at radius 1 is 1.14 bits per heavy atom. The zero-order valence-electron chi connectivity index (χ0n) is 22.6. The van der Waals surface area contributed by atoms with Crippen molar-refractivity contribution in [3.63, 3.8) is 0 Å². The molecule has 3 fully saturated rings. The number of ether oxygens (including phenoxy) is 1. The quantitative estimate of drug-likeness (QED) is 0.329. The molecule has 13 heteroatoms. The second kappa shape index (κ2) is 11.9. The summed E-state index contributed by atoms with van der Waals surface area (Å²) in [4.78, 5) is 40.8. The number of carboxylic acids is 1. The molecule has 0 radical (unpaired) electrons. The maximum atomic E-state index is 15.3. The second-order valence-corrected chi connectivity index (χ2v) is 12.4. The third kappa shape index (κ3) is 5.94. The van der Waals surface area contributed by atoms with E-state index in [0.29, 0.717) is 54.0 Å². The van der Waals surface area contributed by atoms with Crippen LogP contribution in [0.5, 0.6) is 5.75 Å². The van der Waals surface area contributed by atoms with Crippen molar-refractivity contribution < 1.29 is 23.8 Å². The predicted octanol–water partition coefficient (Wildman–Crippen LogP) is 2.81. The van der Waals surface area contributed by atoms with E-state index in [1.165, 1.54) is 24.0 Å². The lowest BCUT2D eigenvalue weighted by Gasteiger charge is -2.41. The Balaban J connectivity index is 1.05. The van der Waals surface area contributed by atoms with E-state index < -0.39 is 17.2 Å². The van der Waals surface area contributed by atoms with E-state index in [9.17, 15) is 19.5 Å². The molecule has 1 amide bonds. The van der Waals surface area contributed by atoms with Gasteiger partial charge in [-0.2, -0.15) is 0 Å². The fraction of sp³-hybridized carbons (Fsp3) is 0.379. The highest BCUT2D eigenvalue weighted by Crippen LogP contribution is 2.38. The number of thioether (sulfide) groups is 1. The SMILES string of the molecule is O=C(COc1ccccc1)N[C@H]1CN[C@H]1SC(=S)N1CCN(c2cc3c(cc2F)c(=O)c(C(=O)O)cn3C2CC2)CC1. The molecular formula is C29H30FN5O5S2. The molecule has 1 aromatic heterocycles. The number of carboxylic acid groups (broad SMARTS) is 1. The highest BCUT2D eigenvalue weighted by molar-refractivity contribution is 8.23. The summed E-state index contributed by atoms with van der Waals surface area (Å²) in [7, 11) is 0. The van der Waals surface area contributed by atoms with Crippen LogP contribution in [0, 0.1) is 5.82 Å². The molecule has 3 aliphatic rings. The number of carbonyl (C=O) groups is 2. The van der Waals surface area contributed by atoms with Crippen LogP contribution in [0.4, 0.5) is 10.1 Å². The Kier molecular flexibility index (Phi) is 8.06. The lowest BCUT2D eigenvalue weighted by molar-refractivity contribution is -0.124. The van der Waals surface area contributed by atoms with Crippen LogP contribution in [0.25, 0.3) is 10.9 Å². The monoisotopic (exact) mass is 611 g/mol. The number of fused-ring (bicyclic) bond motifs is 1. The molecule has 2 aliphatic heterocycles. The number of aromatic carboxylic acids is 1. The largest absolute Gasteiger partial charge is 0.484 e. The Morgan fingerprint density at radius 2 is 1.88 bits per heavy atom. The van der Waals surface area contributed by atoms with E-state index in [0.717, 1.165) is 12.8 Å². The zero-order chi connectivity index (χ0) is 29.4. The van der Waals surface area contributed by atoms with Crippen LogP contribution in [0.3, 0.4) is 0 Å². The van der Waals surface area contributed by atoms with Gasteiger partial charge < -0.3 is 34.8 Å². The molecule has 0 bridgehead atoms. The van der Waals surface area contributed by atoms with Gasteiger partial charge in [-0.25, -0.2) is 9.18 Å². The van der Waals surface area contributed by atoms with Gasteiger partial charge in [0.15, 0.2) is 6.61 Å². The Bertz CT molecular complexity index is 1590. The highest BCUT2D eigenvalue weighted by atomic mass is 32.2. The minimum atomic E-state index is -1.31. The van der Waals surface area contributed by atoms with Crippen molar-refractivity contribution in [3.05, 3.63) is 70.3 Å². The number of hydrogen-bond donors (Lipinski definition) is 3. The van der Waals surface area contributed by atoms with E-state index in [1.807, 2.05) is 23.1 Å². The number of nitrogens with zero attached hydrogens (tertiary/aromatic N) is 3. The molecule has 0 unspecified atom stereocenters. The molecule has 1 saturated carbocycles. The fourth-order valence-electron chi connectivity index (χ4n) is 5.22. The summed E-state index contributed by atoms with van der Waals surface area (Å²) in [5.41, 5.74) is -0.0752. The Hall–Kier alpha value is -3.68. The second-order valence-electron chi connectivity index (χ2n) is 10.6. The van der Waals surface area contributed by atoms with Crippen molar-refractivity contribution in [2.24, 2.45) is 0 Å². The predicted molar refractivity (Wildman–Crippen MR) is 163 cm³/mol. The minimum absolute atomic E-state index is 0.0519. The van der Waals surface area contributed by atoms with Gasteiger partial charge in [-0.1, -0.05) is 42.2 Å². The van der Waals surface area contributed by atoms with Crippen LogP contribution in [-0.4, -0.2) is 81.5 Å². The molecule has 6 rings (SSSR count). The van der Waals surface area contributed by atoms with Crippen LogP contribution in [0.15, 0.2) is 53.5 Å². The lowest BCUT2D eigenvalue weighted by Crippen LogP contribution is -2.64. The molecule has 42 heavy (non-hydrogen) atoms. The number of carbonyl (C=O) groups excluding carboxylic acids is 1. The van der Waals surface area contributed by atoms with Crippen molar-refractivity contribution >= 4 is 56.8 Å². The molecule has 10 nitrogen and oxygen atoms in total. The van der Waals surface area contributed by atoms with Crippen LogP contribution in [0.1, 0.15) is 29.2 Å². The van der Waals surface area contributed by atoms with Gasteiger partial charge in [0, 0.05) is 50.3 Å². The van der Waals surface area contributed by atoms with Gasteiger partial charge in [0.1, 0.15) is 21.5 Å². The van der Waals surface area contributed by atoms with Crippen LogP contribution in [0.2, 0.25) is 0 Å². The fourth-order valence-corrected chi connectivity index (χ4v) is 6.77. The van der Waals surface area contributed by atoms with Gasteiger partial charge in [-0.15, -0.1) is 0 Å². The van der Waals surface area contributed by atoms with E-state index in [1.54, 1.807) is 22.8 Å². The number of aromatic nitrogens is 1. The normalized spacial score (nSPS) is 20.2. The summed E-state index contributed by atoms with van der Waals surface area (Å²) in [6.07, 6.45) is 3.17. The number of rotatable bonds is 8. The van der Waals surface area contributed by atoms with Crippen molar-refractivity contribution in [1.82, 2.24) is 20.1 Å². The molecule has 3 heterocycles. The minimum Gasteiger partial charge on any atom is -0.484 e. The molecule has 2 atom stereocenters. The summed E-state index contributed by atoms with van der Waals surface area (Å²) in [5, 5.41) is 15.8. The number of piperazine rings is 1. The summed E-state index contributed by atoms with van der Waals surface area (Å²) in [6, 6.07) is 12.1. The molecule has 220 valence electrons. The maximum absolute atomic E-state index is 15.3. The summed E-state index contributed by atoms with van der Waals surface area (Å²) in [6.45, 7) is 2.81. The molecule has 0 spiro atoms. The van der Waals surface area contributed by atoms with Crippen molar-refractivity contribution in [2.45, 2.75) is 30.3 Å². The number of halogens is 1. The molecule has 3 aromatic rings. The van der Waals surface area contributed by atoms with Crippen molar-refractivity contribution in [3.8, 4) is 5.75 Å². The third-order valence-electron chi connectivity index (χ3n) is 7.74. The average Bonchev–Trinajstić information content (AvgIpc) is 3.83. The first-order valence-corrected chi connectivity index (χ1v) is 15.1. The maximum Gasteiger partial charge on any atom is 0.341 e. The standard InChI is InChI=1S/C29H30FN5O5S2/c30-21-12-19-23(35(17-6-7-17)15-20(26(19)37)28(38)39)13-24(21)33-8-10-34(11-9-33)29(41)42-27-22(14-31-27)32-25(36)16-40-18-4-2-1-3-5-18/h1-5,12-13,15,17,22,27,31H,6-11,14,16H2,(H,32,36)(H,38,39)/t22-,27-/m0/s1. The first-order chi connectivity index (χ1) is 20.3. The smallest absolute Gasteiger partial charge is 0.341 e. The number of thiocarbonyl (C=S) groups is 1. The number of para-hydroxylation sites is 1. The average molecular weight is 612 g/mol. The Labute approximate surface area is 250 Å². The van der Waals surface area contributed by atoms with Gasteiger partial charge >= 0.3 is 5.97 Å². The van der Waals surface area contributed by atoms with Crippen LogP contribution in [-0.2, 0) is 4.79 Å². The van der Waals surface area contributed by atoms with Crippen molar-refractivity contribution in [1.29, 1.82) is 0 Å².